The second-order valence-corrected chi connectivity index (χ2v) is 10.9. The molecule has 0 aromatic heterocycles. The number of likely N-dealkylation sites (tertiary alicyclic amines) is 2. The van der Waals surface area contributed by atoms with Gasteiger partial charge in [-0.15, -0.1) is 0 Å². The third kappa shape index (κ3) is 2.50. The zero-order valence-electron chi connectivity index (χ0n) is 17.0. The summed E-state index contributed by atoms with van der Waals surface area (Å²) in [6.07, 6.45) is 6.20. The Balaban J connectivity index is 1.11. The number of carbonyl (C=O) groups excluding carboxylic acids is 2. The first-order chi connectivity index (χ1) is 14.2. The highest BCUT2D eigenvalue weighted by Crippen LogP contribution is 2.62. The van der Waals surface area contributed by atoms with Crippen LogP contribution in [0.4, 0.5) is 0 Å². The van der Waals surface area contributed by atoms with Crippen molar-refractivity contribution < 1.29 is 9.59 Å². The molecule has 9 atom stereocenters. The van der Waals surface area contributed by atoms with E-state index in [1.165, 1.54) is 31.2 Å². The fraction of sp³-hybridized carbons (Fsp3) is 0.680. The van der Waals surface area contributed by atoms with Crippen molar-refractivity contribution in [2.24, 2.45) is 41.4 Å². The van der Waals surface area contributed by atoms with Crippen LogP contribution in [-0.4, -0.2) is 46.8 Å². The van der Waals surface area contributed by atoms with Gasteiger partial charge >= 0.3 is 0 Å². The number of fused-ring (bicyclic) bond motifs is 10. The molecule has 6 aliphatic rings. The molecule has 4 heteroatoms. The summed E-state index contributed by atoms with van der Waals surface area (Å²) in [4.78, 5) is 31.3. The Morgan fingerprint density at radius 3 is 2.07 bits per heavy atom. The van der Waals surface area contributed by atoms with Crippen LogP contribution in [0.1, 0.15) is 37.7 Å². The number of piperidine rings is 2. The van der Waals surface area contributed by atoms with Crippen LogP contribution in [0.25, 0.3) is 0 Å². The van der Waals surface area contributed by atoms with E-state index in [1.54, 1.807) is 0 Å². The second kappa shape index (κ2) is 5.86. The molecule has 7 rings (SSSR count). The van der Waals surface area contributed by atoms with Crippen LogP contribution in [0.5, 0.6) is 0 Å². The highest BCUT2D eigenvalue weighted by atomic mass is 16.2. The van der Waals surface area contributed by atoms with Gasteiger partial charge in [0.05, 0.1) is 5.92 Å². The number of amides is 2. The minimum Gasteiger partial charge on any atom is -0.339 e. The molecule has 0 radical (unpaired) electrons. The topological polar surface area (TPSA) is 40.6 Å². The summed E-state index contributed by atoms with van der Waals surface area (Å²) < 4.78 is 0. The van der Waals surface area contributed by atoms with Gasteiger partial charge in [-0.2, -0.15) is 0 Å². The van der Waals surface area contributed by atoms with E-state index in [9.17, 15) is 9.59 Å². The van der Waals surface area contributed by atoms with Gasteiger partial charge in [-0.25, -0.2) is 0 Å². The standard InChI is InChI=1S/C25H30N2O2/c28-24(26-12-16-7-22(26)20-10-18(16)20)9-15(6-14-4-2-1-3-5-14)25(29)27-13-17-8-23(27)21-11-19(17)21/h1-5,15-23H,6-13H2/t15?,16-,17-,18-,19-,20-,21-,22-,23-/m0/s1. The number of hydrogen-bond acceptors (Lipinski definition) is 2. The summed E-state index contributed by atoms with van der Waals surface area (Å²) in [5, 5.41) is 0. The zero-order chi connectivity index (χ0) is 19.3. The molecular weight excluding hydrogens is 360 g/mol. The zero-order valence-corrected chi connectivity index (χ0v) is 17.0. The number of carbonyl (C=O) groups is 2. The largest absolute Gasteiger partial charge is 0.339 e. The molecule has 1 unspecified atom stereocenters. The van der Waals surface area contributed by atoms with Crippen molar-refractivity contribution in [2.45, 2.75) is 50.6 Å². The lowest BCUT2D eigenvalue weighted by Crippen LogP contribution is -2.46. The van der Waals surface area contributed by atoms with E-state index in [2.05, 4.69) is 21.9 Å². The summed E-state index contributed by atoms with van der Waals surface area (Å²) in [6, 6.07) is 11.3. The van der Waals surface area contributed by atoms with Gasteiger partial charge in [0, 0.05) is 31.6 Å². The van der Waals surface area contributed by atoms with Crippen LogP contribution in [0.15, 0.2) is 30.3 Å². The molecule has 6 fully saturated rings. The minimum absolute atomic E-state index is 0.199. The molecule has 2 saturated heterocycles. The number of benzene rings is 1. The van der Waals surface area contributed by atoms with Crippen molar-refractivity contribution in [3.8, 4) is 0 Å². The maximum absolute atomic E-state index is 13.6. The second-order valence-electron chi connectivity index (χ2n) is 10.9. The molecule has 0 N–H and O–H groups in total. The molecular formula is C25H30N2O2. The third-order valence-electron chi connectivity index (χ3n) is 9.43. The molecule has 152 valence electrons. The van der Waals surface area contributed by atoms with Gasteiger partial charge in [0.15, 0.2) is 0 Å². The van der Waals surface area contributed by atoms with Crippen molar-refractivity contribution in [3.05, 3.63) is 35.9 Å². The van der Waals surface area contributed by atoms with Gasteiger partial charge in [-0.05, 0) is 73.2 Å². The quantitative estimate of drug-likeness (QED) is 0.776. The van der Waals surface area contributed by atoms with E-state index in [-0.39, 0.29) is 17.7 Å². The van der Waals surface area contributed by atoms with E-state index >= 15 is 0 Å². The molecule has 1 aromatic carbocycles. The minimum atomic E-state index is -0.199. The van der Waals surface area contributed by atoms with Gasteiger partial charge < -0.3 is 9.80 Å². The van der Waals surface area contributed by atoms with Crippen LogP contribution >= 0.6 is 0 Å². The van der Waals surface area contributed by atoms with E-state index in [0.29, 0.717) is 24.9 Å². The first-order valence-electron chi connectivity index (χ1n) is 11.8. The van der Waals surface area contributed by atoms with Crippen LogP contribution < -0.4 is 0 Å². The summed E-state index contributed by atoms with van der Waals surface area (Å²) >= 11 is 0. The summed E-state index contributed by atoms with van der Waals surface area (Å²) in [5.41, 5.74) is 1.18. The molecule has 4 aliphatic carbocycles. The number of hydrogen-bond donors (Lipinski definition) is 0. The molecule has 4 bridgehead atoms. The molecule has 2 aliphatic heterocycles. The Morgan fingerprint density at radius 2 is 1.45 bits per heavy atom. The van der Waals surface area contributed by atoms with Crippen LogP contribution in [0.2, 0.25) is 0 Å². The first kappa shape index (κ1) is 16.9. The fourth-order valence-electron chi connectivity index (χ4n) is 7.92. The van der Waals surface area contributed by atoms with Crippen molar-refractivity contribution in [1.82, 2.24) is 9.80 Å². The Bertz CT molecular complexity index is 869. The molecule has 2 heterocycles. The van der Waals surface area contributed by atoms with Gasteiger partial charge in [-0.3, -0.25) is 9.59 Å². The van der Waals surface area contributed by atoms with Crippen molar-refractivity contribution in [3.63, 3.8) is 0 Å². The molecule has 1 aromatic rings. The van der Waals surface area contributed by atoms with Crippen LogP contribution in [-0.2, 0) is 16.0 Å². The highest BCUT2D eigenvalue weighted by Gasteiger charge is 2.63. The Labute approximate surface area is 172 Å². The Kier molecular flexibility index (Phi) is 3.42. The predicted octanol–water partition coefficient (Wildman–Crippen LogP) is 2.97. The monoisotopic (exact) mass is 390 g/mol. The number of nitrogens with zero attached hydrogens (tertiary/aromatic N) is 2. The Hall–Kier alpha value is -1.84. The lowest BCUT2D eigenvalue weighted by Gasteiger charge is -2.33. The first-order valence-corrected chi connectivity index (χ1v) is 11.8. The van der Waals surface area contributed by atoms with Gasteiger partial charge in [0.1, 0.15) is 0 Å². The van der Waals surface area contributed by atoms with Crippen molar-refractivity contribution in [1.29, 1.82) is 0 Å². The molecule has 29 heavy (non-hydrogen) atoms. The maximum Gasteiger partial charge on any atom is 0.226 e. The van der Waals surface area contributed by atoms with Crippen molar-refractivity contribution >= 4 is 11.8 Å². The fourth-order valence-corrected chi connectivity index (χ4v) is 7.92. The summed E-state index contributed by atoms with van der Waals surface area (Å²) in [6.45, 7) is 1.90. The lowest BCUT2D eigenvalue weighted by atomic mass is 9.93. The highest BCUT2D eigenvalue weighted by molar-refractivity contribution is 5.87. The average molecular weight is 391 g/mol. The molecule has 4 nitrogen and oxygen atoms in total. The van der Waals surface area contributed by atoms with Gasteiger partial charge in [0.2, 0.25) is 11.8 Å². The number of rotatable bonds is 5. The van der Waals surface area contributed by atoms with Crippen molar-refractivity contribution in [2.75, 3.05) is 13.1 Å². The Morgan fingerprint density at radius 1 is 0.828 bits per heavy atom. The summed E-state index contributed by atoms with van der Waals surface area (Å²) in [5.74, 6) is 5.16. The lowest BCUT2D eigenvalue weighted by molar-refractivity contribution is -0.143. The van der Waals surface area contributed by atoms with E-state index in [0.717, 1.165) is 48.6 Å². The smallest absolute Gasteiger partial charge is 0.226 e. The molecule has 0 spiro atoms. The third-order valence-corrected chi connectivity index (χ3v) is 9.43. The van der Waals surface area contributed by atoms with Crippen LogP contribution in [0.3, 0.4) is 0 Å². The van der Waals surface area contributed by atoms with E-state index < -0.39 is 0 Å². The predicted molar refractivity (Wildman–Crippen MR) is 109 cm³/mol. The average Bonchev–Trinajstić information content (AvgIpc) is 3.57. The maximum atomic E-state index is 13.6. The summed E-state index contributed by atoms with van der Waals surface area (Å²) in [7, 11) is 0. The normalized spacial score (nSPS) is 43.3. The van der Waals surface area contributed by atoms with E-state index in [1.807, 2.05) is 18.2 Å². The van der Waals surface area contributed by atoms with Gasteiger partial charge in [-0.1, -0.05) is 30.3 Å². The van der Waals surface area contributed by atoms with Gasteiger partial charge in [0.25, 0.3) is 0 Å². The molecule has 2 amide bonds. The molecule has 4 saturated carbocycles. The van der Waals surface area contributed by atoms with E-state index in [4.69, 9.17) is 0 Å². The van der Waals surface area contributed by atoms with Crippen LogP contribution in [0, 0.1) is 41.4 Å². The SMILES string of the molecule is O=C(CC(Cc1ccccc1)C(=O)N1C[C@@H]2C[C@H]1[C@H]1C[C@@H]21)N1C[C@@H]2C[C@H]1[C@H]1C[C@@H]21.